The van der Waals surface area contributed by atoms with Crippen molar-refractivity contribution in [1.82, 2.24) is 4.57 Å². The number of nitrogens with zero attached hydrogens (tertiary/aromatic N) is 3. The van der Waals surface area contributed by atoms with E-state index in [-0.39, 0.29) is 24.3 Å². The normalized spacial score (nSPS) is 14.3. The lowest BCUT2D eigenvalue weighted by atomic mass is 9.93. The summed E-state index contributed by atoms with van der Waals surface area (Å²) in [5.41, 5.74) is 3.82. The van der Waals surface area contributed by atoms with Crippen LogP contribution in [0.5, 0.6) is 5.75 Å². The lowest BCUT2D eigenvalue weighted by molar-refractivity contribution is -0.138. The second kappa shape index (κ2) is 13.2. The van der Waals surface area contributed by atoms with Crippen molar-refractivity contribution < 1.29 is 14.3 Å². The predicted molar refractivity (Wildman–Crippen MR) is 174 cm³/mol. The summed E-state index contributed by atoms with van der Waals surface area (Å²) in [4.78, 5) is 33.2. The highest BCUT2D eigenvalue weighted by Crippen LogP contribution is 2.35. The number of hydrogen-bond acceptors (Lipinski definition) is 7. The maximum atomic E-state index is 14.2. The number of halogens is 1. The Kier molecular flexibility index (Phi) is 8.74. The number of rotatable bonds is 8. The van der Waals surface area contributed by atoms with Crippen molar-refractivity contribution in [2.75, 3.05) is 6.61 Å². The predicted octanol–water partition coefficient (Wildman–Crippen LogP) is 6.04. The number of benzene rings is 4. The summed E-state index contributed by atoms with van der Waals surface area (Å²) >= 11 is 7.46. The highest BCUT2D eigenvalue weighted by Gasteiger charge is 2.35. The number of esters is 1. The van der Waals surface area contributed by atoms with E-state index >= 15 is 0 Å². The van der Waals surface area contributed by atoms with Gasteiger partial charge in [-0.05, 0) is 42.8 Å². The third-order valence-electron chi connectivity index (χ3n) is 7.29. The maximum Gasteiger partial charge on any atom is 0.338 e. The molecular formula is C36H26ClN3O4S. The zero-order valence-corrected chi connectivity index (χ0v) is 25.7. The standard InChI is InChI=1S/C36H26ClN3O4S/c1-2-43-35(42)31-32(23-10-4-3-5-11-23)39-36-40(33(31)24-16-18-28(37)19-17-24)34(41)30(45-36)20-25-12-8-9-15-29(25)44-22-27-14-7-6-13-26(27)21-38/h3-20,33H,2,22H2,1H3/b30-20-/t33-/m1/s1. The van der Waals surface area contributed by atoms with Gasteiger partial charge in [-0.25, -0.2) is 9.79 Å². The number of thiazole rings is 1. The van der Waals surface area contributed by atoms with Crippen molar-refractivity contribution in [2.24, 2.45) is 4.99 Å². The summed E-state index contributed by atoms with van der Waals surface area (Å²) in [5.74, 6) is 0.00763. The number of para-hydroxylation sites is 1. The molecule has 0 N–H and O–H groups in total. The van der Waals surface area contributed by atoms with Crippen LogP contribution in [0.4, 0.5) is 0 Å². The molecule has 6 rings (SSSR count). The minimum atomic E-state index is -0.802. The van der Waals surface area contributed by atoms with E-state index in [4.69, 9.17) is 26.1 Å². The molecule has 1 aliphatic rings. The van der Waals surface area contributed by atoms with Crippen LogP contribution in [0.15, 0.2) is 118 Å². The topological polar surface area (TPSA) is 93.7 Å². The zero-order chi connectivity index (χ0) is 31.3. The molecule has 1 atom stereocenters. The highest BCUT2D eigenvalue weighted by atomic mass is 35.5. The fourth-order valence-corrected chi connectivity index (χ4v) is 6.30. The number of carbonyl (C=O) groups excluding carboxylic acids is 1. The van der Waals surface area contributed by atoms with Crippen LogP contribution < -0.4 is 19.6 Å². The largest absolute Gasteiger partial charge is 0.488 e. The van der Waals surface area contributed by atoms with E-state index in [1.54, 1.807) is 47.9 Å². The number of nitriles is 1. The quantitative estimate of drug-likeness (QED) is 0.195. The molecule has 0 spiro atoms. The van der Waals surface area contributed by atoms with Crippen LogP contribution in [0.25, 0.3) is 11.8 Å². The van der Waals surface area contributed by atoms with Crippen LogP contribution in [-0.4, -0.2) is 17.1 Å². The molecule has 1 aliphatic heterocycles. The van der Waals surface area contributed by atoms with Gasteiger partial charge in [-0.1, -0.05) is 102 Å². The molecule has 1 aromatic heterocycles. The summed E-state index contributed by atoms with van der Waals surface area (Å²) in [6.07, 6.45) is 1.77. The first-order valence-corrected chi connectivity index (χ1v) is 15.4. The Morgan fingerprint density at radius 3 is 2.47 bits per heavy atom. The molecule has 0 saturated carbocycles. The summed E-state index contributed by atoms with van der Waals surface area (Å²) in [6.45, 7) is 2.10. The van der Waals surface area contributed by atoms with Crippen LogP contribution in [0.1, 0.15) is 40.8 Å². The SMILES string of the molecule is CCOC(=O)C1=C(c2ccccc2)N=c2s/c(=C\c3ccccc3OCc3ccccc3C#N)c(=O)n2[C@@H]1c1ccc(Cl)cc1. The van der Waals surface area contributed by atoms with E-state index < -0.39 is 12.0 Å². The molecule has 5 aromatic rings. The van der Waals surface area contributed by atoms with E-state index in [1.807, 2.05) is 72.8 Å². The van der Waals surface area contributed by atoms with Crippen molar-refractivity contribution in [1.29, 1.82) is 5.26 Å². The van der Waals surface area contributed by atoms with Crippen molar-refractivity contribution in [3.05, 3.63) is 161 Å². The lowest BCUT2D eigenvalue weighted by Gasteiger charge is -2.25. The minimum absolute atomic E-state index is 0.164. The Bertz CT molecular complexity index is 2150. The second-order valence-electron chi connectivity index (χ2n) is 10.1. The van der Waals surface area contributed by atoms with Crippen LogP contribution in [0.2, 0.25) is 5.02 Å². The number of ether oxygens (including phenoxy) is 2. The molecule has 2 heterocycles. The average molecular weight is 632 g/mol. The van der Waals surface area contributed by atoms with Crippen LogP contribution in [0, 0.1) is 11.3 Å². The lowest BCUT2D eigenvalue weighted by Crippen LogP contribution is -2.40. The van der Waals surface area contributed by atoms with E-state index in [2.05, 4.69) is 6.07 Å². The van der Waals surface area contributed by atoms with Gasteiger partial charge in [0, 0.05) is 21.7 Å². The molecule has 0 aliphatic carbocycles. The molecular weight excluding hydrogens is 606 g/mol. The third kappa shape index (κ3) is 6.09. The van der Waals surface area contributed by atoms with Crippen LogP contribution in [0.3, 0.4) is 0 Å². The average Bonchev–Trinajstić information content (AvgIpc) is 3.38. The van der Waals surface area contributed by atoms with Gasteiger partial charge in [0.05, 0.1) is 40.1 Å². The molecule has 4 aromatic carbocycles. The van der Waals surface area contributed by atoms with E-state index in [0.717, 1.165) is 11.1 Å². The van der Waals surface area contributed by atoms with E-state index in [0.29, 0.717) is 42.5 Å². The third-order valence-corrected chi connectivity index (χ3v) is 8.52. The zero-order valence-electron chi connectivity index (χ0n) is 24.1. The number of carbonyl (C=O) groups is 1. The molecule has 0 radical (unpaired) electrons. The monoisotopic (exact) mass is 631 g/mol. The first-order chi connectivity index (χ1) is 22.0. The van der Waals surface area contributed by atoms with Gasteiger partial charge in [0.2, 0.25) is 0 Å². The first-order valence-electron chi connectivity index (χ1n) is 14.2. The summed E-state index contributed by atoms with van der Waals surface area (Å²) in [5, 5.41) is 10.0. The Morgan fingerprint density at radius 1 is 1.00 bits per heavy atom. The van der Waals surface area contributed by atoms with E-state index in [9.17, 15) is 14.9 Å². The Morgan fingerprint density at radius 2 is 1.71 bits per heavy atom. The Labute approximate surface area is 268 Å². The van der Waals surface area contributed by atoms with Gasteiger partial charge in [0.1, 0.15) is 12.4 Å². The summed E-state index contributed by atoms with van der Waals surface area (Å²) in [7, 11) is 0. The van der Waals surface area contributed by atoms with Gasteiger partial charge < -0.3 is 9.47 Å². The smallest absolute Gasteiger partial charge is 0.338 e. The summed E-state index contributed by atoms with van der Waals surface area (Å²) < 4.78 is 13.6. The van der Waals surface area contributed by atoms with Gasteiger partial charge in [0.25, 0.3) is 5.56 Å². The molecule has 0 amide bonds. The molecule has 0 unspecified atom stereocenters. The van der Waals surface area contributed by atoms with Gasteiger partial charge in [-0.2, -0.15) is 5.26 Å². The maximum absolute atomic E-state index is 14.2. The van der Waals surface area contributed by atoms with Gasteiger partial charge in [-0.3, -0.25) is 9.36 Å². The number of aromatic nitrogens is 1. The van der Waals surface area contributed by atoms with Crippen molar-refractivity contribution >= 4 is 40.7 Å². The Hall–Kier alpha value is -5.23. The van der Waals surface area contributed by atoms with Gasteiger partial charge in [-0.15, -0.1) is 0 Å². The van der Waals surface area contributed by atoms with Crippen LogP contribution in [-0.2, 0) is 16.1 Å². The molecule has 0 bridgehead atoms. The van der Waals surface area contributed by atoms with Gasteiger partial charge >= 0.3 is 5.97 Å². The first kappa shape index (κ1) is 29.8. The highest BCUT2D eigenvalue weighted by molar-refractivity contribution is 7.07. The molecule has 0 fully saturated rings. The van der Waals surface area contributed by atoms with Crippen molar-refractivity contribution in [2.45, 2.75) is 19.6 Å². The molecule has 7 nitrogen and oxygen atoms in total. The van der Waals surface area contributed by atoms with Gasteiger partial charge in [0.15, 0.2) is 4.80 Å². The number of hydrogen-bond donors (Lipinski definition) is 0. The molecule has 9 heteroatoms. The van der Waals surface area contributed by atoms with Crippen LogP contribution >= 0.6 is 22.9 Å². The van der Waals surface area contributed by atoms with Crippen molar-refractivity contribution in [3.8, 4) is 11.8 Å². The fraction of sp³-hybridized carbons (Fsp3) is 0.111. The molecule has 0 saturated heterocycles. The minimum Gasteiger partial charge on any atom is -0.488 e. The fourth-order valence-electron chi connectivity index (χ4n) is 5.18. The number of fused-ring (bicyclic) bond motifs is 1. The summed E-state index contributed by atoms with van der Waals surface area (Å²) in [6, 6.07) is 32.5. The van der Waals surface area contributed by atoms with Crippen molar-refractivity contribution in [3.63, 3.8) is 0 Å². The Balaban J connectivity index is 1.52. The molecule has 222 valence electrons. The van der Waals surface area contributed by atoms with E-state index in [1.165, 1.54) is 11.3 Å². The molecule has 45 heavy (non-hydrogen) atoms. The second-order valence-corrected chi connectivity index (χ2v) is 11.5.